The third-order valence-corrected chi connectivity index (χ3v) is 1.55. The largest absolute Gasteiger partial charge is 0.363 e. The van der Waals surface area contributed by atoms with E-state index in [1.54, 1.807) is 24.3 Å². The van der Waals surface area contributed by atoms with E-state index in [9.17, 15) is 9.81 Å². The van der Waals surface area contributed by atoms with Gasteiger partial charge in [0.25, 0.3) is 0 Å². The molecule has 13 heavy (non-hydrogen) atoms. The highest BCUT2D eigenvalue weighted by Crippen LogP contribution is 2.09. The summed E-state index contributed by atoms with van der Waals surface area (Å²) in [5.74, 6) is 0. The maximum absolute atomic E-state index is 9.91. The van der Waals surface area contributed by atoms with Crippen molar-refractivity contribution in [2.24, 2.45) is 10.4 Å². The molecular formula is C8H9N3O2. The first-order chi connectivity index (χ1) is 6.36. The lowest BCUT2D eigenvalue weighted by Gasteiger charge is -2.01. The second-order valence-electron chi connectivity index (χ2n) is 2.45. The van der Waals surface area contributed by atoms with Gasteiger partial charge in [0.1, 0.15) is 13.2 Å². The Labute approximate surface area is 75.1 Å². The fourth-order valence-electron chi connectivity index (χ4n) is 0.926. The van der Waals surface area contributed by atoms with Crippen molar-refractivity contribution in [1.29, 1.82) is 0 Å². The van der Waals surface area contributed by atoms with Gasteiger partial charge in [-0.3, -0.25) is 0 Å². The van der Waals surface area contributed by atoms with Crippen LogP contribution in [-0.2, 0) is 6.54 Å². The van der Waals surface area contributed by atoms with Crippen molar-refractivity contribution in [2.45, 2.75) is 6.54 Å². The van der Waals surface area contributed by atoms with Gasteiger partial charge < -0.3 is 5.32 Å². The lowest BCUT2D eigenvalue weighted by molar-refractivity contribution is 1.05. The third-order valence-electron chi connectivity index (χ3n) is 1.55. The van der Waals surface area contributed by atoms with E-state index in [1.807, 2.05) is 0 Å². The lowest BCUT2D eigenvalue weighted by Crippen LogP contribution is -1.97. The van der Waals surface area contributed by atoms with Crippen LogP contribution >= 0.6 is 0 Å². The van der Waals surface area contributed by atoms with Crippen LogP contribution in [0.25, 0.3) is 0 Å². The van der Waals surface area contributed by atoms with Gasteiger partial charge in [0, 0.05) is 5.69 Å². The van der Waals surface area contributed by atoms with Crippen LogP contribution in [0.4, 0.5) is 5.69 Å². The van der Waals surface area contributed by atoms with Crippen molar-refractivity contribution in [3.8, 4) is 0 Å². The number of benzene rings is 1. The Morgan fingerprint density at radius 1 is 1.08 bits per heavy atom. The summed E-state index contributed by atoms with van der Waals surface area (Å²) in [5.41, 5.74) is 1.65. The van der Waals surface area contributed by atoms with E-state index in [4.69, 9.17) is 0 Å². The summed E-state index contributed by atoms with van der Waals surface area (Å²) >= 11 is 0. The minimum absolute atomic E-state index is 0.0469. The summed E-state index contributed by atoms with van der Waals surface area (Å²) in [6, 6.07) is 7.08. The molecule has 1 aromatic carbocycles. The zero-order valence-corrected chi connectivity index (χ0v) is 6.93. The second-order valence-corrected chi connectivity index (χ2v) is 2.45. The van der Waals surface area contributed by atoms with E-state index in [0.717, 1.165) is 11.3 Å². The lowest BCUT2D eigenvalue weighted by atomic mass is 10.2. The van der Waals surface area contributed by atoms with Crippen LogP contribution < -0.4 is 5.32 Å². The van der Waals surface area contributed by atoms with Crippen LogP contribution in [0, 0.1) is 9.81 Å². The van der Waals surface area contributed by atoms with Crippen molar-refractivity contribution in [1.82, 2.24) is 0 Å². The molecule has 1 rings (SSSR count). The van der Waals surface area contributed by atoms with E-state index in [1.165, 1.54) is 0 Å². The molecule has 0 unspecified atom stereocenters. The molecule has 0 spiro atoms. The first-order valence-electron chi connectivity index (χ1n) is 3.78. The molecule has 0 saturated heterocycles. The van der Waals surface area contributed by atoms with Crippen molar-refractivity contribution in [3.05, 3.63) is 39.6 Å². The topological polar surface area (TPSA) is 70.9 Å². The average Bonchev–Trinajstić information content (AvgIpc) is 2.17. The van der Waals surface area contributed by atoms with Gasteiger partial charge in [0.2, 0.25) is 0 Å². The highest BCUT2D eigenvalue weighted by Gasteiger charge is 1.93. The zero-order chi connectivity index (χ0) is 9.52. The summed E-state index contributed by atoms with van der Waals surface area (Å²) in [6.07, 6.45) is 0. The Morgan fingerprint density at radius 2 is 1.77 bits per heavy atom. The minimum Gasteiger partial charge on any atom is -0.363 e. The van der Waals surface area contributed by atoms with Crippen LogP contribution in [0.15, 0.2) is 34.6 Å². The van der Waals surface area contributed by atoms with Gasteiger partial charge >= 0.3 is 0 Å². The molecule has 5 nitrogen and oxygen atoms in total. The Bertz CT molecular complexity index is 284. The molecule has 0 aromatic heterocycles. The molecule has 0 fully saturated rings. The SMILES string of the molecule is O=NCNc1ccc(CN=O)cc1. The third kappa shape index (κ3) is 2.98. The van der Waals surface area contributed by atoms with E-state index in [-0.39, 0.29) is 13.2 Å². The molecule has 68 valence electrons. The predicted molar refractivity (Wildman–Crippen MR) is 50.2 cm³/mol. The molecule has 5 heteroatoms. The standard InChI is InChI=1S/C8H9N3O2/c12-10-5-7-1-3-8(4-2-7)9-6-11-13/h1-4,9H,5-6H2. The first kappa shape index (κ1) is 9.31. The van der Waals surface area contributed by atoms with Crippen LogP contribution in [0.3, 0.4) is 0 Å². The highest BCUT2D eigenvalue weighted by atomic mass is 16.3. The number of nitrogens with one attached hydrogen (secondary N) is 1. The van der Waals surface area contributed by atoms with Crippen molar-refractivity contribution in [3.63, 3.8) is 0 Å². The number of hydrogen-bond acceptors (Lipinski definition) is 5. The molecule has 0 aliphatic rings. The molecule has 0 amide bonds. The van der Waals surface area contributed by atoms with E-state index in [2.05, 4.69) is 15.7 Å². The quantitative estimate of drug-likeness (QED) is 0.703. The molecule has 0 atom stereocenters. The molecule has 0 aliphatic heterocycles. The fraction of sp³-hybridized carbons (Fsp3) is 0.250. The smallest absolute Gasteiger partial charge is 0.150 e. The van der Waals surface area contributed by atoms with Gasteiger partial charge in [-0.2, -0.15) is 4.91 Å². The fourth-order valence-corrected chi connectivity index (χ4v) is 0.926. The van der Waals surface area contributed by atoms with Gasteiger partial charge in [-0.05, 0) is 22.9 Å². The van der Waals surface area contributed by atoms with E-state index >= 15 is 0 Å². The predicted octanol–water partition coefficient (Wildman–Crippen LogP) is 2.09. The Kier molecular flexibility index (Phi) is 3.56. The number of anilines is 1. The molecule has 0 saturated carbocycles. The maximum atomic E-state index is 9.91. The van der Waals surface area contributed by atoms with E-state index < -0.39 is 0 Å². The van der Waals surface area contributed by atoms with Crippen molar-refractivity contribution >= 4 is 5.69 Å². The Balaban J connectivity index is 2.58. The summed E-state index contributed by atoms with van der Waals surface area (Å²) in [4.78, 5) is 19.7. The summed E-state index contributed by atoms with van der Waals surface area (Å²) in [5, 5.41) is 8.19. The molecule has 1 N–H and O–H groups in total. The molecule has 0 heterocycles. The second kappa shape index (κ2) is 4.97. The normalized spacial score (nSPS) is 9.23. The van der Waals surface area contributed by atoms with Crippen molar-refractivity contribution < 1.29 is 0 Å². The molecule has 0 bridgehead atoms. The molecule has 1 aromatic rings. The number of nitroso groups, excluding NO2 is 2. The van der Waals surface area contributed by atoms with Crippen LogP contribution in [0.2, 0.25) is 0 Å². The number of nitrogens with zero attached hydrogens (tertiary/aromatic N) is 2. The molecule has 0 aliphatic carbocycles. The molecular weight excluding hydrogens is 170 g/mol. The van der Waals surface area contributed by atoms with Crippen LogP contribution in [-0.4, -0.2) is 6.67 Å². The number of rotatable bonds is 5. The van der Waals surface area contributed by atoms with Gasteiger partial charge in [-0.15, -0.1) is 4.91 Å². The van der Waals surface area contributed by atoms with Gasteiger partial charge in [0.15, 0.2) is 0 Å². The summed E-state index contributed by atoms with van der Waals surface area (Å²) < 4.78 is 0. The van der Waals surface area contributed by atoms with Crippen LogP contribution in [0.5, 0.6) is 0 Å². The Hall–Kier alpha value is -1.78. The van der Waals surface area contributed by atoms with Gasteiger partial charge in [-0.1, -0.05) is 17.3 Å². The summed E-state index contributed by atoms with van der Waals surface area (Å²) in [7, 11) is 0. The highest BCUT2D eigenvalue weighted by molar-refractivity contribution is 5.44. The van der Waals surface area contributed by atoms with Gasteiger partial charge in [-0.25, -0.2) is 0 Å². The first-order valence-corrected chi connectivity index (χ1v) is 3.78. The van der Waals surface area contributed by atoms with Crippen LogP contribution in [0.1, 0.15) is 5.56 Å². The maximum Gasteiger partial charge on any atom is 0.150 e. The number of hydrogen-bond donors (Lipinski definition) is 1. The van der Waals surface area contributed by atoms with E-state index in [0.29, 0.717) is 0 Å². The van der Waals surface area contributed by atoms with Gasteiger partial charge in [0.05, 0.1) is 0 Å². The molecule has 0 radical (unpaired) electrons. The average molecular weight is 179 g/mol. The zero-order valence-electron chi connectivity index (χ0n) is 6.93. The summed E-state index contributed by atoms with van der Waals surface area (Å²) in [6.45, 7) is 0.220. The monoisotopic (exact) mass is 179 g/mol. The minimum atomic E-state index is 0.0469. The van der Waals surface area contributed by atoms with Crippen molar-refractivity contribution in [2.75, 3.05) is 12.0 Å². The Morgan fingerprint density at radius 3 is 2.31 bits per heavy atom.